The average Bonchev–Trinajstić information content (AvgIpc) is 3.04. The van der Waals surface area contributed by atoms with Crippen molar-refractivity contribution in [2.45, 2.75) is 6.92 Å². The Kier molecular flexibility index (Phi) is 4.46. The second-order valence-electron chi connectivity index (χ2n) is 5.65. The molecule has 0 aliphatic carbocycles. The summed E-state index contributed by atoms with van der Waals surface area (Å²) in [4.78, 5) is 9.84. The van der Waals surface area contributed by atoms with Crippen LogP contribution in [0.5, 0.6) is 0 Å². The minimum absolute atomic E-state index is 0.724. The zero-order valence-electron chi connectivity index (χ0n) is 13.3. The summed E-state index contributed by atoms with van der Waals surface area (Å²) in [6, 6.07) is 14.0. The largest absolute Gasteiger partial charge is 0.340 e. The molecule has 0 aliphatic heterocycles. The lowest BCUT2D eigenvalue weighted by molar-refractivity contribution is 1.23. The Morgan fingerprint density at radius 1 is 1.08 bits per heavy atom. The molecule has 0 fully saturated rings. The lowest BCUT2D eigenvalue weighted by Crippen LogP contribution is -1.96. The molecular weight excluding hydrogens is 418 g/mol. The van der Waals surface area contributed by atoms with Gasteiger partial charge in [0.2, 0.25) is 0 Å². The molecule has 0 saturated carbocycles. The molecule has 6 heteroatoms. The number of fused-ring (bicyclic) bond motifs is 1. The second-order valence-corrected chi connectivity index (χ2v) is 7.80. The van der Waals surface area contributed by atoms with Crippen LogP contribution in [0.3, 0.4) is 0 Å². The molecule has 2 aromatic heterocycles. The Balaban J connectivity index is 1.82. The molecule has 2 aromatic carbocycles. The number of anilines is 2. The first kappa shape index (κ1) is 16.5. The molecule has 0 atom stereocenters. The third-order valence-electron chi connectivity index (χ3n) is 3.96. The van der Waals surface area contributed by atoms with E-state index in [-0.39, 0.29) is 0 Å². The molecule has 4 aromatic rings. The number of benzene rings is 2. The maximum Gasteiger partial charge on any atom is 0.143 e. The molecule has 0 unspecified atom stereocenters. The van der Waals surface area contributed by atoms with Crippen LogP contribution in [-0.2, 0) is 0 Å². The number of nitrogens with zero attached hydrogens (tertiary/aromatic N) is 2. The molecule has 0 aliphatic rings. The molecule has 2 heterocycles. The lowest BCUT2D eigenvalue weighted by atomic mass is 10.1. The van der Waals surface area contributed by atoms with Crippen molar-refractivity contribution in [1.82, 2.24) is 9.97 Å². The van der Waals surface area contributed by atoms with Crippen LogP contribution in [0.1, 0.15) is 5.56 Å². The zero-order chi connectivity index (χ0) is 17.4. The first-order chi connectivity index (χ1) is 12.1. The normalized spacial score (nSPS) is 11.0. The van der Waals surface area contributed by atoms with E-state index in [4.69, 9.17) is 11.6 Å². The molecular formula is C19H13BrClN3S. The number of rotatable bonds is 3. The van der Waals surface area contributed by atoms with Crippen LogP contribution in [0.4, 0.5) is 11.5 Å². The van der Waals surface area contributed by atoms with Gasteiger partial charge in [-0.3, -0.25) is 0 Å². The van der Waals surface area contributed by atoms with Gasteiger partial charge < -0.3 is 5.32 Å². The van der Waals surface area contributed by atoms with Crippen LogP contribution in [0.15, 0.2) is 58.6 Å². The summed E-state index contributed by atoms with van der Waals surface area (Å²) >= 11 is 11.2. The van der Waals surface area contributed by atoms with Crippen molar-refractivity contribution in [2.75, 3.05) is 5.32 Å². The van der Waals surface area contributed by atoms with Crippen LogP contribution in [-0.4, -0.2) is 9.97 Å². The predicted molar refractivity (Wildman–Crippen MR) is 110 cm³/mol. The van der Waals surface area contributed by atoms with Crippen LogP contribution >= 0.6 is 38.9 Å². The molecule has 0 saturated heterocycles. The van der Waals surface area contributed by atoms with E-state index in [1.165, 1.54) is 5.56 Å². The van der Waals surface area contributed by atoms with E-state index in [0.717, 1.165) is 42.3 Å². The first-order valence-electron chi connectivity index (χ1n) is 7.63. The Labute approximate surface area is 162 Å². The number of nitrogens with one attached hydrogen (secondary N) is 1. The number of hydrogen-bond donors (Lipinski definition) is 1. The average molecular weight is 431 g/mol. The fourth-order valence-electron chi connectivity index (χ4n) is 2.62. The van der Waals surface area contributed by atoms with Crippen LogP contribution < -0.4 is 5.32 Å². The first-order valence-corrected chi connectivity index (χ1v) is 9.68. The highest BCUT2D eigenvalue weighted by Gasteiger charge is 2.13. The highest BCUT2D eigenvalue weighted by Crippen LogP contribution is 2.38. The third-order valence-corrected chi connectivity index (χ3v) is 5.95. The standard InChI is InChI=1S/C19H13BrClN3S/c1-11-2-7-14(8-16(11)20)24-18-17-15(9-25-19(17)23-10-22-18)12-3-5-13(21)6-4-12/h2-10H,1H3,(H,22,23,24). The summed E-state index contributed by atoms with van der Waals surface area (Å²) in [6.07, 6.45) is 1.59. The lowest BCUT2D eigenvalue weighted by Gasteiger charge is -2.10. The molecule has 0 spiro atoms. The van der Waals surface area contributed by atoms with Gasteiger partial charge >= 0.3 is 0 Å². The number of halogens is 2. The van der Waals surface area contributed by atoms with E-state index in [2.05, 4.69) is 55.7 Å². The summed E-state index contributed by atoms with van der Waals surface area (Å²) < 4.78 is 1.06. The van der Waals surface area contributed by atoms with Gasteiger partial charge in [-0.1, -0.05) is 45.7 Å². The van der Waals surface area contributed by atoms with Gasteiger partial charge in [-0.2, -0.15) is 0 Å². The van der Waals surface area contributed by atoms with E-state index in [1.807, 2.05) is 30.3 Å². The fraction of sp³-hybridized carbons (Fsp3) is 0.0526. The summed E-state index contributed by atoms with van der Waals surface area (Å²) in [6.45, 7) is 2.06. The SMILES string of the molecule is Cc1ccc(Nc2ncnc3scc(-c4ccc(Cl)cc4)c23)cc1Br. The quantitative estimate of drug-likeness (QED) is 0.387. The van der Waals surface area contributed by atoms with Crippen LogP contribution in [0.2, 0.25) is 5.02 Å². The number of aromatic nitrogens is 2. The zero-order valence-corrected chi connectivity index (χ0v) is 16.4. The fourth-order valence-corrected chi connectivity index (χ4v) is 4.04. The molecule has 0 radical (unpaired) electrons. The second kappa shape index (κ2) is 6.75. The van der Waals surface area contributed by atoms with Crippen molar-refractivity contribution in [3.8, 4) is 11.1 Å². The summed E-state index contributed by atoms with van der Waals surface area (Å²) in [7, 11) is 0. The van der Waals surface area contributed by atoms with Gasteiger partial charge in [-0.05, 0) is 42.3 Å². The van der Waals surface area contributed by atoms with Crippen LogP contribution in [0, 0.1) is 6.92 Å². The summed E-state index contributed by atoms with van der Waals surface area (Å²) in [5.74, 6) is 0.798. The van der Waals surface area contributed by atoms with Gasteiger partial charge in [0, 0.05) is 26.1 Å². The summed E-state index contributed by atoms with van der Waals surface area (Å²) in [5, 5.41) is 7.28. The highest BCUT2D eigenvalue weighted by molar-refractivity contribution is 9.10. The van der Waals surface area contributed by atoms with E-state index >= 15 is 0 Å². The van der Waals surface area contributed by atoms with Crippen molar-refractivity contribution in [2.24, 2.45) is 0 Å². The van der Waals surface area contributed by atoms with Gasteiger partial charge in [-0.15, -0.1) is 11.3 Å². The van der Waals surface area contributed by atoms with Gasteiger partial charge in [-0.25, -0.2) is 9.97 Å². The Morgan fingerprint density at radius 2 is 1.88 bits per heavy atom. The van der Waals surface area contributed by atoms with Crippen molar-refractivity contribution in [3.63, 3.8) is 0 Å². The van der Waals surface area contributed by atoms with Crippen molar-refractivity contribution < 1.29 is 0 Å². The highest BCUT2D eigenvalue weighted by atomic mass is 79.9. The Hall–Kier alpha value is -1.95. The van der Waals surface area contributed by atoms with Gasteiger partial charge in [0.25, 0.3) is 0 Å². The van der Waals surface area contributed by atoms with E-state index < -0.39 is 0 Å². The maximum atomic E-state index is 6.02. The topological polar surface area (TPSA) is 37.8 Å². The predicted octanol–water partition coefficient (Wildman–Crippen LogP) is 6.83. The van der Waals surface area contributed by atoms with E-state index in [1.54, 1.807) is 17.7 Å². The number of thiophene rings is 1. The molecule has 1 N–H and O–H groups in total. The molecule has 124 valence electrons. The smallest absolute Gasteiger partial charge is 0.143 e. The maximum absolute atomic E-state index is 6.02. The molecule has 0 bridgehead atoms. The third kappa shape index (κ3) is 3.27. The van der Waals surface area contributed by atoms with E-state index in [9.17, 15) is 0 Å². The monoisotopic (exact) mass is 429 g/mol. The molecule has 3 nitrogen and oxygen atoms in total. The Bertz CT molecular complexity index is 1060. The van der Waals surface area contributed by atoms with Gasteiger partial charge in [0.05, 0.1) is 5.39 Å². The number of aryl methyl sites for hydroxylation is 1. The summed E-state index contributed by atoms with van der Waals surface area (Å²) in [5.41, 5.74) is 4.37. The molecule has 0 amide bonds. The number of hydrogen-bond acceptors (Lipinski definition) is 4. The minimum atomic E-state index is 0.724. The van der Waals surface area contributed by atoms with Crippen molar-refractivity contribution in [3.05, 3.63) is 69.2 Å². The minimum Gasteiger partial charge on any atom is -0.340 e. The van der Waals surface area contributed by atoms with E-state index in [0.29, 0.717) is 0 Å². The van der Waals surface area contributed by atoms with Gasteiger partial charge in [0.1, 0.15) is 17.0 Å². The van der Waals surface area contributed by atoms with Crippen LogP contribution in [0.25, 0.3) is 21.3 Å². The van der Waals surface area contributed by atoms with Crippen molar-refractivity contribution >= 4 is 60.6 Å². The Morgan fingerprint density at radius 3 is 2.64 bits per heavy atom. The molecule has 25 heavy (non-hydrogen) atoms. The van der Waals surface area contributed by atoms with Gasteiger partial charge in [0.15, 0.2) is 0 Å². The molecule has 4 rings (SSSR count). The van der Waals surface area contributed by atoms with Crippen molar-refractivity contribution in [1.29, 1.82) is 0 Å².